The van der Waals surface area contributed by atoms with E-state index in [4.69, 9.17) is 0 Å². The van der Waals surface area contributed by atoms with E-state index >= 15 is 0 Å². The standard InChI is InChI=1S/C23H28/c1-2-3-5-8-19-11-13-21(14-12-19)23-17-15-22(16-18-23)20-9-6-4-7-10-20/h2-4,6-7,9-10,15-19,21H,5,8,11-14H2,1H3/b3-2+. The quantitative estimate of drug-likeness (QED) is 0.522. The van der Waals surface area contributed by atoms with Crippen LogP contribution in [0.1, 0.15) is 56.9 Å². The average Bonchev–Trinajstić information content (AvgIpc) is 2.63. The molecule has 0 bridgehead atoms. The Balaban J connectivity index is 1.57. The molecule has 120 valence electrons. The highest BCUT2D eigenvalue weighted by molar-refractivity contribution is 5.63. The zero-order chi connectivity index (χ0) is 15.9. The van der Waals surface area contributed by atoms with Crippen LogP contribution in [0.3, 0.4) is 0 Å². The summed E-state index contributed by atoms with van der Waals surface area (Å²) in [5.74, 6) is 1.73. The first-order chi connectivity index (χ1) is 11.4. The van der Waals surface area contributed by atoms with Crippen molar-refractivity contribution in [3.05, 3.63) is 72.3 Å². The van der Waals surface area contributed by atoms with Crippen molar-refractivity contribution in [3.63, 3.8) is 0 Å². The van der Waals surface area contributed by atoms with Crippen LogP contribution >= 0.6 is 0 Å². The largest absolute Gasteiger partial charge is 0.0917 e. The SMILES string of the molecule is C/C=C/CCC1CCC(c2ccc(-c3ccccc3)cc2)CC1. The molecular formula is C23H28. The van der Waals surface area contributed by atoms with Gasteiger partial charge in [-0.15, -0.1) is 0 Å². The molecule has 0 spiro atoms. The predicted molar refractivity (Wildman–Crippen MR) is 101 cm³/mol. The van der Waals surface area contributed by atoms with Gasteiger partial charge in [-0.2, -0.15) is 0 Å². The van der Waals surface area contributed by atoms with Gasteiger partial charge in [0.1, 0.15) is 0 Å². The van der Waals surface area contributed by atoms with Crippen LogP contribution in [0.5, 0.6) is 0 Å². The minimum atomic E-state index is 0.776. The molecule has 3 rings (SSSR count). The maximum atomic E-state index is 2.35. The van der Waals surface area contributed by atoms with Crippen LogP contribution in [-0.4, -0.2) is 0 Å². The summed E-state index contributed by atoms with van der Waals surface area (Å²) >= 11 is 0. The zero-order valence-corrected chi connectivity index (χ0v) is 14.2. The van der Waals surface area contributed by atoms with Gasteiger partial charge in [-0.1, -0.05) is 66.7 Å². The molecule has 1 fully saturated rings. The van der Waals surface area contributed by atoms with E-state index in [0.29, 0.717) is 0 Å². The molecule has 0 aliphatic heterocycles. The summed E-state index contributed by atoms with van der Waals surface area (Å²) in [5.41, 5.74) is 4.18. The Morgan fingerprint density at radius 2 is 1.48 bits per heavy atom. The molecule has 1 aliphatic carbocycles. The Bertz CT molecular complexity index is 598. The van der Waals surface area contributed by atoms with Crippen molar-refractivity contribution in [2.75, 3.05) is 0 Å². The second-order valence-electron chi connectivity index (χ2n) is 6.85. The fourth-order valence-electron chi connectivity index (χ4n) is 3.86. The van der Waals surface area contributed by atoms with Crippen molar-refractivity contribution in [1.29, 1.82) is 0 Å². The molecule has 0 heterocycles. The molecular weight excluding hydrogens is 276 g/mol. The summed E-state index contributed by atoms with van der Waals surface area (Å²) in [7, 11) is 0. The van der Waals surface area contributed by atoms with Gasteiger partial charge in [0.05, 0.1) is 0 Å². The molecule has 0 radical (unpaired) electrons. The smallest absolute Gasteiger partial charge is 0.0162 e. The Hall–Kier alpha value is -1.82. The Morgan fingerprint density at radius 3 is 2.13 bits per heavy atom. The van der Waals surface area contributed by atoms with E-state index in [1.165, 1.54) is 55.2 Å². The maximum Gasteiger partial charge on any atom is -0.0162 e. The topological polar surface area (TPSA) is 0 Å². The first-order valence-corrected chi connectivity index (χ1v) is 9.13. The number of hydrogen-bond donors (Lipinski definition) is 0. The Morgan fingerprint density at radius 1 is 0.826 bits per heavy atom. The minimum Gasteiger partial charge on any atom is -0.0917 e. The van der Waals surface area contributed by atoms with E-state index in [1.807, 2.05) is 0 Å². The van der Waals surface area contributed by atoms with E-state index in [9.17, 15) is 0 Å². The normalized spacial score (nSPS) is 21.6. The molecule has 0 nitrogen and oxygen atoms in total. The highest BCUT2D eigenvalue weighted by Crippen LogP contribution is 2.38. The summed E-state index contributed by atoms with van der Waals surface area (Å²) in [5, 5.41) is 0. The summed E-state index contributed by atoms with van der Waals surface area (Å²) < 4.78 is 0. The lowest BCUT2D eigenvalue weighted by Gasteiger charge is -2.28. The number of hydrogen-bond acceptors (Lipinski definition) is 0. The Kier molecular flexibility index (Phi) is 5.69. The lowest BCUT2D eigenvalue weighted by Crippen LogP contribution is -2.13. The molecule has 0 N–H and O–H groups in total. The van der Waals surface area contributed by atoms with Gasteiger partial charge in [-0.05, 0) is 74.0 Å². The van der Waals surface area contributed by atoms with Gasteiger partial charge in [0, 0.05) is 0 Å². The third-order valence-corrected chi connectivity index (χ3v) is 5.31. The number of benzene rings is 2. The summed E-state index contributed by atoms with van der Waals surface area (Å²) in [6.07, 6.45) is 12.7. The van der Waals surface area contributed by atoms with Crippen molar-refractivity contribution in [2.45, 2.75) is 51.4 Å². The van der Waals surface area contributed by atoms with Crippen molar-refractivity contribution in [2.24, 2.45) is 5.92 Å². The van der Waals surface area contributed by atoms with E-state index < -0.39 is 0 Å². The monoisotopic (exact) mass is 304 g/mol. The predicted octanol–water partition coefficient (Wildman–Crippen LogP) is 6.98. The van der Waals surface area contributed by atoms with Crippen molar-refractivity contribution in [3.8, 4) is 11.1 Å². The second-order valence-corrected chi connectivity index (χ2v) is 6.85. The molecule has 1 saturated carbocycles. The maximum absolute atomic E-state index is 2.35. The fourth-order valence-corrected chi connectivity index (χ4v) is 3.86. The van der Waals surface area contributed by atoms with Gasteiger partial charge in [0.15, 0.2) is 0 Å². The van der Waals surface area contributed by atoms with E-state index in [0.717, 1.165) is 11.8 Å². The number of rotatable bonds is 5. The van der Waals surface area contributed by atoms with Crippen molar-refractivity contribution < 1.29 is 0 Å². The lowest BCUT2D eigenvalue weighted by atomic mass is 9.77. The molecule has 1 aliphatic rings. The van der Waals surface area contributed by atoms with Crippen LogP contribution in [0.25, 0.3) is 11.1 Å². The van der Waals surface area contributed by atoms with Gasteiger partial charge in [-0.3, -0.25) is 0 Å². The van der Waals surface area contributed by atoms with Crippen LogP contribution in [0, 0.1) is 5.92 Å². The van der Waals surface area contributed by atoms with Crippen LogP contribution in [-0.2, 0) is 0 Å². The summed E-state index contributed by atoms with van der Waals surface area (Å²) in [6, 6.07) is 20.0. The number of allylic oxidation sites excluding steroid dienone is 2. The fraction of sp³-hybridized carbons (Fsp3) is 0.391. The van der Waals surface area contributed by atoms with Crippen molar-refractivity contribution in [1.82, 2.24) is 0 Å². The third-order valence-electron chi connectivity index (χ3n) is 5.31. The molecule has 0 atom stereocenters. The van der Waals surface area contributed by atoms with Gasteiger partial charge in [0.2, 0.25) is 0 Å². The molecule has 0 heteroatoms. The first-order valence-electron chi connectivity index (χ1n) is 9.13. The van der Waals surface area contributed by atoms with Crippen LogP contribution in [0.15, 0.2) is 66.7 Å². The zero-order valence-electron chi connectivity index (χ0n) is 14.2. The molecule has 0 amide bonds. The highest BCUT2D eigenvalue weighted by Gasteiger charge is 2.21. The van der Waals surface area contributed by atoms with Crippen LogP contribution in [0.4, 0.5) is 0 Å². The molecule has 2 aromatic carbocycles. The third kappa shape index (κ3) is 4.34. The van der Waals surface area contributed by atoms with Crippen LogP contribution in [0.2, 0.25) is 0 Å². The Labute approximate surface area is 141 Å². The summed E-state index contributed by atoms with van der Waals surface area (Å²) in [4.78, 5) is 0. The van der Waals surface area contributed by atoms with E-state index in [1.54, 1.807) is 0 Å². The van der Waals surface area contributed by atoms with Gasteiger partial charge in [-0.25, -0.2) is 0 Å². The first kappa shape index (κ1) is 16.1. The molecule has 2 aromatic rings. The van der Waals surface area contributed by atoms with Gasteiger partial charge in [0.25, 0.3) is 0 Å². The van der Waals surface area contributed by atoms with Gasteiger partial charge < -0.3 is 0 Å². The van der Waals surface area contributed by atoms with E-state index in [2.05, 4.69) is 73.7 Å². The minimum absolute atomic E-state index is 0.776. The van der Waals surface area contributed by atoms with Crippen molar-refractivity contribution >= 4 is 0 Å². The lowest BCUT2D eigenvalue weighted by molar-refractivity contribution is 0.312. The molecule has 0 unspecified atom stereocenters. The molecule has 23 heavy (non-hydrogen) atoms. The van der Waals surface area contributed by atoms with Crippen LogP contribution < -0.4 is 0 Å². The van der Waals surface area contributed by atoms with Gasteiger partial charge >= 0.3 is 0 Å². The molecule has 0 saturated heterocycles. The summed E-state index contributed by atoms with van der Waals surface area (Å²) in [6.45, 7) is 2.12. The average molecular weight is 304 g/mol. The van der Waals surface area contributed by atoms with E-state index in [-0.39, 0.29) is 0 Å². The highest BCUT2D eigenvalue weighted by atomic mass is 14.3. The molecule has 0 aromatic heterocycles. The second kappa shape index (κ2) is 8.15.